The number of hydrogen-bond acceptors (Lipinski definition) is 3. The zero-order valence-corrected chi connectivity index (χ0v) is 11.3. The van der Waals surface area contributed by atoms with Gasteiger partial charge in [0.25, 0.3) is 0 Å². The minimum atomic E-state index is 0.496. The van der Waals surface area contributed by atoms with Gasteiger partial charge in [0.15, 0.2) is 0 Å². The van der Waals surface area contributed by atoms with Crippen molar-refractivity contribution >= 4 is 22.2 Å². The number of H-pyrrole nitrogens is 1. The van der Waals surface area contributed by atoms with Crippen LogP contribution in [-0.4, -0.2) is 9.97 Å². The highest BCUT2D eigenvalue weighted by atomic mass is 16.3. The number of nitriles is 1. The van der Waals surface area contributed by atoms with Gasteiger partial charge >= 0.3 is 0 Å². The van der Waals surface area contributed by atoms with E-state index < -0.39 is 0 Å². The fourth-order valence-electron chi connectivity index (χ4n) is 2.14. The molecule has 1 aromatic carbocycles. The number of allylic oxidation sites excluding steroid dienone is 2. The number of aromatic amines is 1. The predicted molar refractivity (Wildman–Crippen MR) is 77.6 cm³/mol. The van der Waals surface area contributed by atoms with E-state index in [1.807, 2.05) is 50.2 Å². The Labute approximate surface area is 116 Å². The molecule has 2 heterocycles. The summed E-state index contributed by atoms with van der Waals surface area (Å²) < 4.78 is 5.57. The average Bonchev–Trinajstić information content (AvgIpc) is 3.05. The maximum Gasteiger partial charge on any atom is 0.149 e. The van der Waals surface area contributed by atoms with E-state index in [1.54, 1.807) is 0 Å². The third-order valence-corrected chi connectivity index (χ3v) is 3.22. The van der Waals surface area contributed by atoms with E-state index in [0.717, 1.165) is 22.4 Å². The number of aromatic nitrogens is 2. The first-order chi connectivity index (χ1) is 9.69. The molecule has 4 heteroatoms. The van der Waals surface area contributed by atoms with Gasteiger partial charge in [-0.25, -0.2) is 4.98 Å². The van der Waals surface area contributed by atoms with Crippen LogP contribution in [0.5, 0.6) is 0 Å². The van der Waals surface area contributed by atoms with Gasteiger partial charge in [-0.15, -0.1) is 0 Å². The van der Waals surface area contributed by atoms with E-state index in [2.05, 4.69) is 16.0 Å². The molecule has 0 aliphatic heterocycles. The molecule has 0 amide bonds. The van der Waals surface area contributed by atoms with E-state index in [4.69, 9.17) is 4.42 Å². The van der Waals surface area contributed by atoms with Gasteiger partial charge in [-0.1, -0.05) is 12.1 Å². The summed E-state index contributed by atoms with van der Waals surface area (Å²) in [5, 5.41) is 9.43. The first-order valence-corrected chi connectivity index (χ1v) is 6.32. The minimum absolute atomic E-state index is 0.496. The summed E-state index contributed by atoms with van der Waals surface area (Å²) in [6, 6.07) is 13.7. The lowest BCUT2D eigenvalue weighted by Crippen LogP contribution is -1.89. The molecular formula is C16H13N3O. The third-order valence-electron chi connectivity index (χ3n) is 3.22. The Morgan fingerprint density at radius 3 is 2.70 bits per heavy atom. The first-order valence-electron chi connectivity index (χ1n) is 6.32. The van der Waals surface area contributed by atoms with Crippen LogP contribution in [0.25, 0.3) is 22.2 Å². The molecule has 0 atom stereocenters. The smallest absolute Gasteiger partial charge is 0.149 e. The second kappa shape index (κ2) is 4.71. The van der Waals surface area contributed by atoms with Crippen LogP contribution in [0.2, 0.25) is 0 Å². The molecule has 0 saturated heterocycles. The number of nitrogens with zero attached hydrogens (tertiary/aromatic N) is 2. The molecule has 0 bridgehead atoms. The standard InChI is InChI=1S/C16H13N3O/c1-10-7-8-15(20-10)11(2)12(9-17)16-18-13-5-3-4-6-14(13)19-16/h3-8H,1-2H3,(H,18,19)/b12-11-. The summed E-state index contributed by atoms with van der Waals surface area (Å²) in [5.41, 5.74) is 3.03. The van der Waals surface area contributed by atoms with Crippen molar-refractivity contribution in [2.75, 3.05) is 0 Å². The van der Waals surface area contributed by atoms with Crippen LogP contribution in [0, 0.1) is 18.3 Å². The van der Waals surface area contributed by atoms with Crippen molar-refractivity contribution in [2.45, 2.75) is 13.8 Å². The Bertz CT molecular complexity index is 813. The van der Waals surface area contributed by atoms with Gasteiger partial charge < -0.3 is 9.40 Å². The molecule has 1 N–H and O–H groups in total. The summed E-state index contributed by atoms with van der Waals surface area (Å²) in [6.07, 6.45) is 0. The van der Waals surface area contributed by atoms with Crippen molar-refractivity contribution in [3.05, 3.63) is 53.7 Å². The molecule has 0 aliphatic rings. The van der Waals surface area contributed by atoms with Gasteiger partial charge in [-0.2, -0.15) is 5.26 Å². The number of imidazole rings is 1. The maximum absolute atomic E-state index is 9.43. The molecular weight excluding hydrogens is 250 g/mol. The fraction of sp³-hybridized carbons (Fsp3) is 0.125. The minimum Gasteiger partial charge on any atom is -0.462 e. The molecule has 20 heavy (non-hydrogen) atoms. The van der Waals surface area contributed by atoms with E-state index in [1.165, 1.54) is 0 Å². The Morgan fingerprint density at radius 1 is 1.25 bits per heavy atom. The van der Waals surface area contributed by atoms with Gasteiger partial charge in [-0.3, -0.25) is 0 Å². The molecule has 0 unspecified atom stereocenters. The highest BCUT2D eigenvalue weighted by Gasteiger charge is 2.13. The Hall–Kier alpha value is -2.80. The van der Waals surface area contributed by atoms with Crippen molar-refractivity contribution in [1.82, 2.24) is 9.97 Å². The summed E-state index contributed by atoms with van der Waals surface area (Å²) in [7, 11) is 0. The topological polar surface area (TPSA) is 65.6 Å². The summed E-state index contributed by atoms with van der Waals surface area (Å²) in [6.45, 7) is 3.74. The normalized spacial score (nSPS) is 12.2. The van der Waals surface area contributed by atoms with E-state index in [0.29, 0.717) is 17.2 Å². The van der Waals surface area contributed by atoms with E-state index in [9.17, 15) is 5.26 Å². The summed E-state index contributed by atoms with van der Waals surface area (Å²) >= 11 is 0. The predicted octanol–water partition coefficient (Wildman–Crippen LogP) is 3.92. The van der Waals surface area contributed by atoms with Gasteiger partial charge in [0.2, 0.25) is 0 Å². The number of furan rings is 1. The van der Waals surface area contributed by atoms with Gasteiger partial charge in [-0.05, 0) is 38.1 Å². The first kappa shape index (κ1) is 12.2. The van der Waals surface area contributed by atoms with Gasteiger partial charge in [0.1, 0.15) is 29.0 Å². The molecule has 98 valence electrons. The van der Waals surface area contributed by atoms with Crippen LogP contribution < -0.4 is 0 Å². The highest BCUT2D eigenvalue weighted by Crippen LogP contribution is 2.26. The van der Waals surface area contributed by atoms with Crippen LogP contribution in [0.3, 0.4) is 0 Å². The van der Waals surface area contributed by atoms with Crippen molar-refractivity contribution < 1.29 is 4.42 Å². The summed E-state index contributed by atoms with van der Waals surface area (Å²) in [4.78, 5) is 7.63. The lowest BCUT2D eigenvalue weighted by atomic mass is 10.1. The molecule has 0 aliphatic carbocycles. The van der Waals surface area contributed by atoms with Crippen LogP contribution in [-0.2, 0) is 0 Å². The second-order valence-electron chi connectivity index (χ2n) is 4.62. The van der Waals surface area contributed by atoms with Crippen molar-refractivity contribution in [2.24, 2.45) is 0 Å². The van der Waals surface area contributed by atoms with Crippen molar-refractivity contribution in [3.8, 4) is 6.07 Å². The number of benzene rings is 1. The molecule has 4 nitrogen and oxygen atoms in total. The SMILES string of the molecule is C/C(=C(\C#N)c1nc2ccccc2[nH]1)c1ccc(C)o1. The zero-order valence-electron chi connectivity index (χ0n) is 11.3. The Morgan fingerprint density at radius 2 is 2.05 bits per heavy atom. The molecule has 3 aromatic rings. The monoisotopic (exact) mass is 263 g/mol. The average molecular weight is 263 g/mol. The number of hydrogen-bond donors (Lipinski definition) is 1. The van der Waals surface area contributed by atoms with Gasteiger partial charge in [0, 0.05) is 5.57 Å². The molecule has 0 spiro atoms. The zero-order chi connectivity index (χ0) is 14.1. The van der Waals surface area contributed by atoms with Crippen molar-refractivity contribution in [3.63, 3.8) is 0 Å². The van der Waals surface area contributed by atoms with Crippen LogP contribution in [0.4, 0.5) is 0 Å². The Kier molecular flexibility index (Phi) is 2.88. The lowest BCUT2D eigenvalue weighted by Gasteiger charge is -1.99. The fourth-order valence-corrected chi connectivity index (χ4v) is 2.14. The maximum atomic E-state index is 9.43. The molecule has 3 rings (SSSR count). The highest BCUT2D eigenvalue weighted by molar-refractivity contribution is 5.95. The lowest BCUT2D eigenvalue weighted by molar-refractivity contribution is 0.521. The number of para-hydroxylation sites is 2. The van der Waals surface area contributed by atoms with Crippen LogP contribution in [0.15, 0.2) is 40.8 Å². The van der Waals surface area contributed by atoms with Gasteiger partial charge in [0.05, 0.1) is 11.0 Å². The number of nitrogens with one attached hydrogen (secondary N) is 1. The van der Waals surface area contributed by atoms with Crippen LogP contribution >= 0.6 is 0 Å². The van der Waals surface area contributed by atoms with E-state index >= 15 is 0 Å². The molecule has 0 saturated carbocycles. The second-order valence-corrected chi connectivity index (χ2v) is 4.62. The third kappa shape index (κ3) is 1.99. The number of fused-ring (bicyclic) bond motifs is 1. The van der Waals surface area contributed by atoms with Crippen molar-refractivity contribution in [1.29, 1.82) is 5.26 Å². The molecule has 0 radical (unpaired) electrons. The largest absolute Gasteiger partial charge is 0.462 e. The Balaban J connectivity index is 2.16. The quantitative estimate of drug-likeness (QED) is 0.712. The number of aryl methyl sites for hydroxylation is 1. The molecule has 0 fully saturated rings. The molecule has 2 aromatic heterocycles. The summed E-state index contributed by atoms with van der Waals surface area (Å²) in [5.74, 6) is 2.08. The van der Waals surface area contributed by atoms with E-state index in [-0.39, 0.29) is 0 Å². The van der Waals surface area contributed by atoms with Crippen LogP contribution in [0.1, 0.15) is 24.3 Å². The number of rotatable bonds is 2.